The zero-order valence-electron chi connectivity index (χ0n) is 12.7. The van der Waals surface area contributed by atoms with E-state index in [2.05, 4.69) is 10.6 Å². The maximum absolute atomic E-state index is 13.3. The van der Waals surface area contributed by atoms with Crippen molar-refractivity contribution in [2.45, 2.75) is 12.5 Å². The van der Waals surface area contributed by atoms with Crippen molar-refractivity contribution in [3.05, 3.63) is 58.4 Å². The van der Waals surface area contributed by atoms with E-state index in [1.807, 2.05) is 0 Å². The Bertz CT molecular complexity index is 871. The summed E-state index contributed by atoms with van der Waals surface area (Å²) in [5.41, 5.74) is -0.188. The molecular formula is C16H12FN3O5. The molecule has 0 saturated heterocycles. The van der Waals surface area contributed by atoms with Crippen molar-refractivity contribution in [2.24, 2.45) is 0 Å². The van der Waals surface area contributed by atoms with E-state index in [0.29, 0.717) is 11.4 Å². The van der Waals surface area contributed by atoms with Crippen LogP contribution in [-0.4, -0.2) is 22.8 Å². The highest BCUT2D eigenvalue weighted by Gasteiger charge is 2.29. The van der Waals surface area contributed by atoms with Crippen LogP contribution in [0.4, 0.5) is 21.5 Å². The molecule has 2 N–H and O–H groups in total. The number of nitro groups is 1. The lowest BCUT2D eigenvalue weighted by molar-refractivity contribution is -0.387. The molecule has 128 valence electrons. The number of fused-ring (bicyclic) bond motifs is 1. The Morgan fingerprint density at radius 3 is 2.84 bits per heavy atom. The van der Waals surface area contributed by atoms with Crippen molar-refractivity contribution in [3.63, 3.8) is 0 Å². The lowest BCUT2D eigenvalue weighted by atomic mass is 10.1. The van der Waals surface area contributed by atoms with Gasteiger partial charge in [-0.05, 0) is 24.3 Å². The SMILES string of the molecule is O=C(C[C@H]1Oc2ccccc2NC1=O)Nc1ccc(F)c([N+](=O)[O-])c1. The molecule has 0 bridgehead atoms. The van der Waals surface area contributed by atoms with Gasteiger partial charge in [-0.3, -0.25) is 19.7 Å². The monoisotopic (exact) mass is 345 g/mol. The first-order chi connectivity index (χ1) is 11.9. The third-order valence-electron chi connectivity index (χ3n) is 3.50. The second-order valence-corrected chi connectivity index (χ2v) is 5.27. The molecule has 0 fully saturated rings. The van der Waals surface area contributed by atoms with E-state index in [9.17, 15) is 24.1 Å². The lowest BCUT2D eigenvalue weighted by Crippen LogP contribution is -2.39. The number of benzene rings is 2. The van der Waals surface area contributed by atoms with Crippen LogP contribution >= 0.6 is 0 Å². The molecule has 1 atom stereocenters. The molecular weight excluding hydrogens is 333 g/mol. The van der Waals surface area contributed by atoms with Gasteiger partial charge in [-0.1, -0.05) is 12.1 Å². The van der Waals surface area contributed by atoms with Gasteiger partial charge in [-0.2, -0.15) is 4.39 Å². The summed E-state index contributed by atoms with van der Waals surface area (Å²) >= 11 is 0. The average Bonchev–Trinajstić information content (AvgIpc) is 2.57. The number of ether oxygens (including phenoxy) is 1. The maximum Gasteiger partial charge on any atom is 0.306 e. The van der Waals surface area contributed by atoms with Crippen molar-refractivity contribution < 1.29 is 23.6 Å². The number of hydrogen-bond acceptors (Lipinski definition) is 5. The Hall–Kier alpha value is -3.49. The van der Waals surface area contributed by atoms with Gasteiger partial charge >= 0.3 is 5.69 Å². The number of para-hydroxylation sites is 2. The van der Waals surface area contributed by atoms with Crippen molar-refractivity contribution >= 4 is 28.9 Å². The van der Waals surface area contributed by atoms with Gasteiger partial charge in [0, 0.05) is 11.8 Å². The zero-order chi connectivity index (χ0) is 18.0. The Balaban J connectivity index is 1.68. The van der Waals surface area contributed by atoms with Gasteiger partial charge in [0.1, 0.15) is 5.75 Å². The van der Waals surface area contributed by atoms with Crippen LogP contribution in [0.2, 0.25) is 0 Å². The Morgan fingerprint density at radius 2 is 2.08 bits per heavy atom. The van der Waals surface area contributed by atoms with E-state index < -0.39 is 34.3 Å². The van der Waals surface area contributed by atoms with Crippen LogP contribution in [0.25, 0.3) is 0 Å². The number of carbonyl (C=O) groups excluding carboxylic acids is 2. The van der Waals surface area contributed by atoms with Crippen molar-refractivity contribution in [2.75, 3.05) is 10.6 Å². The van der Waals surface area contributed by atoms with E-state index in [-0.39, 0.29) is 12.1 Å². The summed E-state index contributed by atoms with van der Waals surface area (Å²) in [6.45, 7) is 0. The molecule has 25 heavy (non-hydrogen) atoms. The van der Waals surface area contributed by atoms with Gasteiger partial charge in [0.25, 0.3) is 5.91 Å². The van der Waals surface area contributed by atoms with Crippen LogP contribution in [0.1, 0.15) is 6.42 Å². The topological polar surface area (TPSA) is 111 Å². The molecule has 0 spiro atoms. The van der Waals surface area contributed by atoms with E-state index >= 15 is 0 Å². The summed E-state index contributed by atoms with van der Waals surface area (Å²) in [5.74, 6) is -1.63. The molecule has 8 nitrogen and oxygen atoms in total. The summed E-state index contributed by atoms with van der Waals surface area (Å²) in [5, 5.41) is 15.7. The Labute approximate surface area is 140 Å². The summed E-state index contributed by atoms with van der Waals surface area (Å²) in [6, 6.07) is 9.77. The van der Waals surface area contributed by atoms with E-state index in [1.165, 1.54) is 6.07 Å². The van der Waals surface area contributed by atoms with E-state index in [4.69, 9.17) is 4.74 Å². The van der Waals surface area contributed by atoms with Gasteiger partial charge in [0.15, 0.2) is 6.10 Å². The number of nitro benzene ring substituents is 1. The van der Waals surface area contributed by atoms with Crippen LogP contribution in [0.5, 0.6) is 5.75 Å². The highest BCUT2D eigenvalue weighted by Crippen LogP contribution is 2.29. The molecule has 1 heterocycles. The fourth-order valence-electron chi connectivity index (χ4n) is 2.34. The molecule has 9 heteroatoms. The molecule has 1 aliphatic heterocycles. The van der Waals surface area contributed by atoms with Crippen LogP contribution in [0.15, 0.2) is 42.5 Å². The predicted molar refractivity (Wildman–Crippen MR) is 85.8 cm³/mol. The molecule has 0 aromatic heterocycles. The van der Waals surface area contributed by atoms with Crippen LogP contribution in [-0.2, 0) is 9.59 Å². The number of carbonyl (C=O) groups is 2. The number of anilines is 2. The average molecular weight is 345 g/mol. The Kier molecular flexibility index (Phi) is 4.29. The molecule has 0 saturated carbocycles. The molecule has 2 aromatic rings. The minimum Gasteiger partial charge on any atom is -0.478 e. The Morgan fingerprint density at radius 1 is 1.32 bits per heavy atom. The summed E-state index contributed by atoms with van der Waals surface area (Å²) in [7, 11) is 0. The third kappa shape index (κ3) is 3.55. The summed E-state index contributed by atoms with van der Waals surface area (Å²) in [4.78, 5) is 33.9. The van der Waals surface area contributed by atoms with Gasteiger partial charge < -0.3 is 15.4 Å². The molecule has 0 unspecified atom stereocenters. The van der Waals surface area contributed by atoms with Gasteiger partial charge in [-0.15, -0.1) is 0 Å². The normalized spacial score (nSPS) is 15.6. The first-order valence-electron chi connectivity index (χ1n) is 7.24. The maximum atomic E-state index is 13.3. The van der Waals surface area contributed by atoms with E-state index in [1.54, 1.807) is 24.3 Å². The van der Waals surface area contributed by atoms with Crippen molar-refractivity contribution in [1.82, 2.24) is 0 Å². The smallest absolute Gasteiger partial charge is 0.306 e. The largest absolute Gasteiger partial charge is 0.478 e. The lowest BCUT2D eigenvalue weighted by Gasteiger charge is -2.25. The van der Waals surface area contributed by atoms with E-state index in [0.717, 1.165) is 12.1 Å². The molecule has 0 radical (unpaired) electrons. The minimum atomic E-state index is -1.04. The van der Waals surface area contributed by atoms with Gasteiger partial charge in [-0.25, -0.2) is 0 Å². The minimum absolute atomic E-state index is 0.0507. The molecule has 3 rings (SSSR count). The van der Waals surface area contributed by atoms with Crippen molar-refractivity contribution in [3.8, 4) is 5.75 Å². The molecule has 0 aliphatic carbocycles. The first-order valence-corrected chi connectivity index (χ1v) is 7.24. The highest BCUT2D eigenvalue weighted by atomic mass is 19.1. The second kappa shape index (κ2) is 6.56. The number of halogens is 1. The predicted octanol–water partition coefficient (Wildman–Crippen LogP) is 2.46. The molecule has 1 aliphatic rings. The fraction of sp³-hybridized carbons (Fsp3) is 0.125. The zero-order valence-corrected chi connectivity index (χ0v) is 12.7. The first kappa shape index (κ1) is 16.4. The fourth-order valence-corrected chi connectivity index (χ4v) is 2.34. The third-order valence-corrected chi connectivity index (χ3v) is 3.50. The number of hydrogen-bond donors (Lipinski definition) is 2. The van der Waals surface area contributed by atoms with Gasteiger partial charge in [0.2, 0.25) is 11.7 Å². The van der Waals surface area contributed by atoms with Crippen LogP contribution in [0.3, 0.4) is 0 Å². The second-order valence-electron chi connectivity index (χ2n) is 5.27. The number of nitrogens with zero attached hydrogens (tertiary/aromatic N) is 1. The number of nitrogens with one attached hydrogen (secondary N) is 2. The number of rotatable bonds is 4. The van der Waals surface area contributed by atoms with Crippen LogP contribution in [0, 0.1) is 15.9 Å². The summed E-state index contributed by atoms with van der Waals surface area (Å²) < 4.78 is 18.8. The van der Waals surface area contributed by atoms with Gasteiger partial charge in [0.05, 0.1) is 17.0 Å². The van der Waals surface area contributed by atoms with Crippen LogP contribution < -0.4 is 15.4 Å². The summed E-state index contributed by atoms with van der Waals surface area (Å²) in [6.07, 6.45) is -1.34. The van der Waals surface area contributed by atoms with Crippen molar-refractivity contribution in [1.29, 1.82) is 0 Å². The quantitative estimate of drug-likeness (QED) is 0.653. The molecule has 2 aromatic carbocycles. The molecule has 2 amide bonds. The standard InChI is InChI=1S/C16H12FN3O5/c17-10-6-5-9(7-12(10)20(23)24)18-15(21)8-14-16(22)19-11-3-1-2-4-13(11)25-14/h1-7,14H,8H2,(H,18,21)(H,19,22)/t14-/m1/s1. The number of amides is 2. The highest BCUT2D eigenvalue weighted by molar-refractivity contribution is 6.02.